The van der Waals surface area contributed by atoms with Gasteiger partial charge in [-0.3, -0.25) is 0 Å². The van der Waals surface area contributed by atoms with Gasteiger partial charge in [-0.05, 0) is 30.7 Å². The Morgan fingerprint density at radius 2 is 2.06 bits per heavy atom. The first kappa shape index (κ1) is 9.59. The number of aromatic nitrogens is 2. The second-order valence-corrected chi connectivity index (χ2v) is 4.71. The Hall–Kier alpha value is -1.63. The van der Waals surface area contributed by atoms with Gasteiger partial charge in [0.25, 0.3) is 0 Å². The number of hydrogen-bond donors (Lipinski definition) is 0. The van der Waals surface area contributed by atoms with Gasteiger partial charge in [0, 0.05) is 19.3 Å². The summed E-state index contributed by atoms with van der Waals surface area (Å²) in [5.74, 6) is 2.89. The fraction of sp³-hybridized carbons (Fsp3) is 0.583. The third-order valence-electron chi connectivity index (χ3n) is 3.79. The summed E-state index contributed by atoms with van der Waals surface area (Å²) in [4.78, 5) is 10.5. The highest BCUT2D eigenvalue weighted by Gasteiger charge is 2.36. The van der Waals surface area contributed by atoms with E-state index in [4.69, 9.17) is 5.26 Å². The van der Waals surface area contributed by atoms with Gasteiger partial charge in [-0.1, -0.05) is 6.42 Å². The van der Waals surface area contributed by atoms with Crippen molar-refractivity contribution in [1.29, 1.82) is 5.26 Å². The quantitative estimate of drug-likeness (QED) is 0.712. The van der Waals surface area contributed by atoms with Crippen molar-refractivity contribution in [2.24, 2.45) is 11.8 Å². The maximum Gasteiger partial charge on any atom is 0.234 e. The van der Waals surface area contributed by atoms with Gasteiger partial charge < -0.3 is 4.90 Å². The van der Waals surface area contributed by atoms with Crippen molar-refractivity contribution >= 4 is 5.82 Å². The molecule has 2 atom stereocenters. The molecule has 82 valence electrons. The average molecular weight is 214 g/mol. The minimum absolute atomic E-state index is 0.273. The van der Waals surface area contributed by atoms with Crippen LogP contribution in [0.5, 0.6) is 0 Å². The molecule has 0 aromatic carbocycles. The highest BCUT2D eigenvalue weighted by Crippen LogP contribution is 2.38. The van der Waals surface area contributed by atoms with Gasteiger partial charge in [0.1, 0.15) is 11.9 Å². The van der Waals surface area contributed by atoms with Crippen LogP contribution in [0.25, 0.3) is 0 Å². The van der Waals surface area contributed by atoms with Gasteiger partial charge in [0.2, 0.25) is 5.82 Å². The van der Waals surface area contributed by atoms with Gasteiger partial charge in [0.15, 0.2) is 0 Å². The molecule has 0 radical (unpaired) electrons. The van der Waals surface area contributed by atoms with E-state index in [9.17, 15) is 0 Å². The van der Waals surface area contributed by atoms with E-state index in [1.165, 1.54) is 19.3 Å². The summed E-state index contributed by atoms with van der Waals surface area (Å²) in [6.45, 7) is 2.21. The van der Waals surface area contributed by atoms with Crippen LogP contribution in [-0.4, -0.2) is 23.1 Å². The number of rotatable bonds is 1. The SMILES string of the molecule is N#Cc1nccc(N2CC3CCCC3C2)n1. The Bertz CT molecular complexity index is 425. The van der Waals surface area contributed by atoms with Crippen LogP contribution in [0.1, 0.15) is 25.1 Å². The van der Waals surface area contributed by atoms with E-state index in [-0.39, 0.29) is 5.82 Å². The second kappa shape index (κ2) is 3.75. The molecular weight excluding hydrogens is 200 g/mol. The summed E-state index contributed by atoms with van der Waals surface area (Å²) >= 11 is 0. The lowest BCUT2D eigenvalue weighted by Gasteiger charge is -2.17. The molecular formula is C12H14N4. The van der Waals surface area contributed by atoms with E-state index < -0.39 is 0 Å². The molecule has 2 aliphatic rings. The highest BCUT2D eigenvalue weighted by atomic mass is 15.2. The zero-order valence-electron chi connectivity index (χ0n) is 9.13. The molecule has 1 saturated carbocycles. The van der Waals surface area contributed by atoms with E-state index >= 15 is 0 Å². The molecule has 1 saturated heterocycles. The van der Waals surface area contributed by atoms with Crippen molar-refractivity contribution in [1.82, 2.24) is 9.97 Å². The van der Waals surface area contributed by atoms with Crippen LogP contribution >= 0.6 is 0 Å². The molecule has 0 spiro atoms. The van der Waals surface area contributed by atoms with Crippen molar-refractivity contribution in [2.45, 2.75) is 19.3 Å². The maximum atomic E-state index is 8.77. The van der Waals surface area contributed by atoms with Crippen LogP contribution in [0.15, 0.2) is 12.3 Å². The lowest BCUT2D eigenvalue weighted by molar-refractivity contribution is 0.494. The van der Waals surface area contributed by atoms with E-state index in [2.05, 4.69) is 14.9 Å². The van der Waals surface area contributed by atoms with Crippen LogP contribution in [0.3, 0.4) is 0 Å². The molecule has 3 rings (SSSR count). The fourth-order valence-corrected chi connectivity index (χ4v) is 3.00. The maximum absolute atomic E-state index is 8.77. The number of nitriles is 1. The Morgan fingerprint density at radius 3 is 2.75 bits per heavy atom. The van der Waals surface area contributed by atoms with Gasteiger partial charge in [-0.25, -0.2) is 9.97 Å². The molecule has 0 N–H and O–H groups in total. The van der Waals surface area contributed by atoms with E-state index in [0.29, 0.717) is 0 Å². The molecule has 1 aliphatic heterocycles. The number of anilines is 1. The highest BCUT2D eigenvalue weighted by molar-refractivity contribution is 5.40. The minimum Gasteiger partial charge on any atom is -0.356 e. The van der Waals surface area contributed by atoms with Crippen LogP contribution in [0.2, 0.25) is 0 Å². The summed E-state index contributed by atoms with van der Waals surface area (Å²) in [5.41, 5.74) is 0. The summed E-state index contributed by atoms with van der Waals surface area (Å²) < 4.78 is 0. The molecule has 2 heterocycles. The first-order chi connectivity index (χ1) is 7.86. The van der Waals surface area contributed by atoms with Crippen molar-refractivity contribution in [3.8, 4) is 6.07 Å². The molecule has 4 nitrogen and oxygen atoms in total. The first-order valence-electron chi connectivity index (χ1n) is 5.85. The number of hydrogen-bond acceptors (Lipinski definition) is 4. The monoisotopic (exact) mass is 214 g/mol. The lowest BCUT2D eigenvalue weighted by atomic mass is 10.0. The lowest BCUT2D eigenvalue weighted by Crippen LogP contribution is -2.22. The molecule has 16 heavy (non-hydrogen) atoms. The normalized spacial score (nSPS) is 27.8. The predicted molar refractivity (Wildman–Crippen MR) is 59.8 cm³/mol. The zero-order chi connectivity index (χ0) is 11.0. The number of fused-ring (bicyclic) bond motifs is 1. The Balaban J connectivity index is 1.81. The van der Waals surface area contributed by atoms with Gasteiger partial charge >= 0.3 is 0 Å². The van der Waals surface area contributed by atoms with Crippen LogP contribution in [0.4, 0.5) is 5.82 Å². The molecule has 2 unspecified atom stereocenters. The molecule has 1 aliphatic carbocycles. The third kappa shape index (κ3) is 1.53. The molecule has 1 aromatic rings. The smallest absolute Gasteiger partial charge is 0.234 e. The zero-order valence-corrected chi connectivity index (χ0v) is 9.13. The van der Waals surface area contributed by atoms with E-state index in [1.54, 1.807) is 6.20 Å². The van der Waals surface area contributed by atoms with Crippen LogP contribution in [-0.2, 0) is 0 Å². The Morgan fingerprint density at radius 1 is 1.31 bits per heavy atom. The minimum atomic E-state index is 0.273. The first-order valence-corrected chi connectivity index (χ1v) is 5.85. The predicted octanol–water partition coefficient (Wildman–Crippen LogP) is 1.58. The van der Waals surface area contributed by atoms with Gasteiger partial charge in [0.05, 0.1) is 0 Å². The van der Waals surface area contributed by atoms with Crippen molar-refractivity contribution < 1.29 is 0 Å². The Labute approximate surface area is 94.9 Å². The standard InChI is InChI=1S/C12H14N4/c13-6-11-14-5-4-12(15-11)16-7-9-2-1-3-10(9)8-16/h4-5,9-10H,1-3,7-8H2. The second-order valence-electron chi connectivity index (χ2n) is 4.71. The molecule has 0 bridgehead atoms. The summed E-state index contributed by atoms with van der Waals surface area (Å²) in [6, 6.07) is 3.90. The largest absolute Gasteiger partial charge is 0.356 e. The number of nitrogens with zero attached hydrogens (tertiary/aromatic N) is 4. The third-order valence-corrected chi connectivity index (χ3v) is 3.79. The van der Waals surface area contributed by atoms with Crippen molar-refractivity contribution in [3.63, 3.8) is 0 Å². The van der Waals surface area contributed by atoms with Crippen molar-refractivity contribution in [3.05, 3.63) is 18.1 Å². The molecule has 2 fully saturated rings. The van der Waals surface area contributed by atoms with Crippen LogP contribution in [0, 0.1) is 23.2 Å². The summed E-state index contributed by atoms with van der Waals surface area (Å²) in [7, 11) is 0. The van der Waals surface area contributed by atoms with Crippen molar-refractivity contribution in [2.75, 3.05) is 18.0 Å². The molecule has 4 heteroatoms. The summed E-state index contributed by atoms with van der Waals surface area (Å²) in [5, 5.41) is 8.77. The molecule has 1 aromatic heterocycles. The van der Waals surface area contributed by atoms with Gasteiger partial charge in [-0.15, -0.1) is 0 Å². The topological polar surface area (TPSA) is 52.8 Å². The van der Waals surface area contributed by atoms with E-state index in [1.807, 2.05) is 12.1 Å². The average Bonchev–Trinajstić information content (AvgIpc) is 2.89. The molecule has 0 amide bonds. The summed E-state index contributed by atoms with van der Waals surface area (Å²) in [6.07, 6.45) is 5.78. The Kier molecular flexibility index (Phi) is 2.24. The fourth-order valence-electron chi connectivity index (χ4n) is 3.00. The van der Waals surface area contributed by atoms with Gasteiger partial charge in [-0.2, -0.15) is 5.26 Å². The van der Waals surface area contributed by atoms with E-state index in [0.717, 1.165) is 30.7 Å². The van der Waals surface area contributed by atoms with Crippen LogP contribution < -0.4 is 4.90 Å².